The largest absolute Gasteiger partial charge is 0.490 e. The van der Waals surface area contributed by atoms with Crippen molar-refractivity contribution in [3.8, 4) is 5.75 Å². The fraction of sp³-hybridized carbons (Fsp3) is 0.467. The molecule has 0 spiro atoms. The Kier molecular flexibility index (Phi) is 6.66. The van der Waals surface area contributed by atoms with E-state index in [0.717, 1.165) is 4.90 Å². The van der Waals surface area contributed by atoms with Crippen molar-refractivity contribution < 1.29 is 24.1 Å². The molecule has 2 amide bonds. The smallest absolute Gasteiger partial charge is 0.311 e. The van der Waals surface area contributed by atoms with Crippen molar-refractivity contribution in [3.05, 3.63) is 27.8 Å². The summed E-state index contributed by atoms with van der Waals surface area (Å²) in [6.45, 7) is 1.95. The number of rotatable bonds is 7. The minimum absolute atomic E-state index is 0.0735. The predicted octanol–water partition coefficient (Wildman–Crippen LogP) is -0.547. The molecule has 0 aliphatic heterocycles. The first-order valence-corrected chi connectivity index (χ1v) is 7.30. The average molecular weight is 339 g/mol. The van der Waals surface area contributed by atoms with Gasteiger partial charge in [-0.25, -0.2) is 0 Å². The fourth-order valence-corrected chi connectivity index (χ4v) is 2.06. The minimum Gasteiger partial charge on any atom is -0.490 e. The molecule has 0 aliphatic rings. The second kappa shape index (κ2) is 8.25. The van der Waals surface area contributed by atoms with Crippen LogP contribution < -0.4 is 15.0 Å². The molecule has 0 aromatic heterocycles. The van der Waals surface area contributed by atoms with Crippen LogP contribution in [0.1, 0.15) is 5.56 Å². The van der Waals surface area contributed by atoms with Gasteiger partial charge in [0.15, 0.2) is 18.8 Å². The number of nitrogens with zero attached hydrogens (tertiary/aromatic N) is 2. The molecule has 9 nitrogen and oxygen atoms in total. The highest BCUT2D eigenvalue weighted by molar-refractivity contribution is 5.93. The van der Waals surface area contributed by atoms with Crippen molar-refractivity contribution in [2.75, 3.05) is 46.7 Å². The van der Waals surface area contributed by atoms with Gasteiger partial charge in [0.25, 0.3) is 11.8 Å². The molecule has 132 valence electrons. The number of hydrogen-bond donors (Lipinski definition) is 2. The molecule has 24 heavy (non-hydrogen) atoms. The third-order valence-corrected chi connectivity index (χ3v) is 3.41. The van der Waals surface area contributed by atoms with Crippen LogP contribution >= 0.6 is 0 Å². The van der Waals surface area contributed by atoms with Crippen LogP contribution in [-0.4, -0.2) is 63.0 Å². The molecular formula is C15H23N4O5+. The highest BCUT2D eigenvalue weighted by Gasteiger charge is 2.20. The summed E-state index contributed by atoms with van der Waals surface area (Å²) in [6.07, 6.45) is 0. The summed E-state index contributed by atoms with van der Waals surface area (Å²) in [5.74, 6) is -0.295. The van der Waals surface area contributed by atoms with Crippen LogP contribution in [0.3, 0.4) is 0 Å². The average Bonchev–Trinajstić information content (AvgIpc) is 2.48. The maximum atomic E-state index is 12.1. The van der Waals surface area contributed by atoms with Crippen LogP contribution in [0.2, 0.25) is 0 Å². The van der Waals surface area contributed by atoms with Crippen molar-refractivity contribution in [1.82, 2.24) is 4.90 Å². The molecule has 1 rings (SSSR count). The minimum atomic E-state index is -0.539. The molecule has 0 aliphatic carbocycles. The molecule has 0 heterocycles. The Morgan fingerprint density at radius 3 is 2.46 bits per heavy atom. The number of aryl methyl sites for hydroxylation is 1. The van der Waals surface area contributed by atoms with Crippen LogP contribution in [-0.2, 0) is 9.59 Å². The molecule has 1 aromatic carbocycles. The zero-order chi connectivity index (χ0) is 18.4. The van der Waals surface area contributed by atoms with Crippen LogP contribution in [0.15, 0.2) is 12.1 Å². The van der Waals surface area contributed by atoms with Crippen molar-refractivity contribution >= 4 is 23.2 Å². The summed E-state index contributed by atoms with van der Waals surface area (Å²) < 4.78 is 5.00. The number of quaternary nitrogens is 1. The molecule has 0 radical (unpaired) electrons. The van der Waals surface area contributed by atoms with Crippen LogP contribution in [0, 0.1) is 17.0 Å². The molecule has 1 unspecified atom stereocenters. The predicted molar refractivity (Wildman–Crippen MR) is 88.3 cm³/mol. The number of carbonyl (C=O) groups excluding carboxylic acids is 2. The Bertz CT molecular complexity index is 645. The van der Waals surface area contributed by atoms with Gasteiger partial charge in [0, 0.05) is 31.9 Å². The second-order valence-electron chi connectivity index (χ2n) is 5.74. The third-order valence-electron chi connectivity index (χ3n) is 3.41. The van der Waals surface area contributed by atoms with Gasteiger partial charge in [0.2, 0.25) is 0 Å². The Labute approximate surface area is 140 Å². The first-order chi connectivity index (χ1) is 11.1. The van der Waals surface area contributed by atoms with Gasteiger partial charge in [-0.1, -0.05) is 0 Å². The summed E-state index contributed by atoms with van der Waals surface area (Å²) in [6, 6.07) is 2.77. The molecule has 0 fully saturated rings. The number of likely N-dealkylation sites (N-methyl/N-ethyl adjacent to an activating group) is 2. The van der Waals surface area contributed by atoms with Gasteiger partial charge in [0.05, 0.1) is 19.1 Å². The van der Waals surface area contributed by atoms with E-state index in [2.05, 4.69) is 5.32 Å². The van der Waals surface area contributed by atoms with Gasteiger partial charge in [-0.2, -0.15) is 0 Å². The van der Waals surface area contributed by atoms with Gasteiger partial charge in [0.1, 0.15) is 0 Å². The highest BCUT2D eigenvalue weighted by Crippen LogP contribution is 2.32. The van der Waals surface area contributed by atoms with Gasteiger partial charge < -0.3 is 19.9 Å². The van der Waals surface area contributed by atoms with E-state index in [-0.39, 0.29) is 36.3 Å². The maximum Gasteiger partial charge on any atom is 0.311 e. The normalized spacial score (nSPS) is 11.5. The van der Waals surface area contributed by atoms with E-state index in [9.17, 15) is 19.7 Å². The Balaban J connectivity index is 2.80. The lowest BCUT2D eigenvalue weighted by molar-refractivity contribution is -0.862. The summed E-state index contributed by atoms with van der Waals surface area (Å²) >= 11 is 0. The number of anilines is 1. The number of benzene rings is 1. The van der Waals surface area contributed by atoms with Gasteiger partial charge >= 0.3 is 5.69 Å². The third kappa shape index (κ3) is 5.20. The summed E-state index contributed by atoms with van der Waals surface area (Å²) in [5, 5.41) is 13.7. The zero-order valence-corrected chi connectivity index (χ0v) is 14.5. The van der Waals surface area contributed by atoms with Crippen molar-refractivity contribution in [2.45, 2.75) is 6.92 Å². The molecule has 1 aromatic rings. The van der Waals surface area contributed by atoms with E-state index < -0.39 is 4.92 Å². The van der Waals surface area contributed by atoms with Crippen LogP contribution in [0.5, 0.6) is 5.75 Å². The number of nitro benzene ring substituents is 1. The molecule has 2 N–H and O–H groups in total. The summed E-state index contributed by atoms with van der Waals surface area (Å²) in [7, 11) is 6.38. The molecule has 0 bridgehead atoms. The molecular weight excluding hydrogens is 316 g/mol. The van der Waals surface area contributed by atoms with E-state index in [0.29, 0.717) is 11.3 Å². The lowest BCUT2D eigenvalue weighted by atomic mass is 10.1. The number of carbonyl (C=O) groups is 2. The number of methoxy groups -OCH3 is 1. The quantitative estimate of drug-likeness (QED) is 0.512. The van der Waals surface area contributed by atoms with Crippen molar-refractivity contribution in [2.24, 2.45) is 0 Å². The van der Waals surface area contributed by atoms with E-state index in [1.807, 2.05) is 0 Å². The Morgan fingerprint density at radius 1 is 1.33 bits per heavy atom. The maximum absolute atomic E-state index is 12.1. The number of nitrogens with one attached hydrogen (secondary N) is 2. The second-order valence-corrected chi connectivity index (χ2v) is 5.74. The number of nitro groups is 1. The Hall–Kier alpha value is -2.68. The topological polar surface area (TPSA) is 106 Å². The first-order valence-electron chi connectivity index (χ1n) is 7.30. The Morgan fingerprint density at radius 2 is 1.96 bits per heavy atom. The lowest BCUT2D eigenvalue weighted by Crippen LogP contribution is -3.11. The van der Waals surface area contributed by atoms with Crippen molar-refractivity contribution in [1.29, 1.82) is 0 Å². The SMILES string of the molecule is COc1cc(NC(=O)C[NH+](C)CC(=O)N(C)C)c(C)cc1[N+](=O)[O-]. The highest BCUT2D eigenvalue weighted by atomic mass is 16.6. The first kappa shape index (κ1) is 19.4. The number of ether oxygens (including phenoxy) is 1. The molecule has 0 saturated carbocycles. The van der Waals surface area contributed by atoms with Gasteiger partial charge in [-0.3, -0.25) is 19.7 Å². The molecule has 1 atom stereocenters. The summed E-state index contributed by atoms with van der Waals surface area (Å²) in [4.78, 5) is 36.4. The standard InChI is InChI=1S/C15H22N4O5/c1-10-6-12(19(22)23)13(24-5)7-11(10)16-14(20)8-18(4)9-15(21)17(2)3/h6-7H,8-9H2,1-5H3,(H,16,20)/p+1. The van der Waals surface area contributed by atoms with E-state index >= 15 is 0 Å². The van der Waals surface area contributed by atoms with E-state index in [4.69, 9.17) is 4.74 Å². The van der Waals surface area contributed by atoms with Gasteiger partial charge in [-0.15, -0.1) is 0 Å². The van der Waals surface area contributed by atoms with Crippen LogP contribution in [0.25, 0.3) is 0 Å². The molecule has 9 heteroatoms. The van der Waals surface area contributed by atoms with Crippen molar-refractivity contribution in [3.63, 3.8) is 0 Å². The zero-order valence-electron chi connectivity index (χ0n) is 14.5. The summed E-state index contributed by atoms with van der Waals surface area (Å²) in [5.41, 5.74) is 0.833. The molecule has 0 saturated heterocycles. The van der Waals surface area contributed by atoms with Gasteiger partial charge in [-0.05, 0) is 12.5 Å². The van der Waals surface area contributed by atoms with E-state index in [1.165, 1.54) is 24.1 Å². The van der Waals surface area contributed by atoms with E-state index in [1.54, 1.807) is 28.1 Å². The number of amides is 2. The monoisotopic (exact) mass is 339 g/mol. The lowest BCUT2D eigenvalue weighted by Gasteiger charge is -2.16. The fourth-order valence-electron chi connectivity index (χ4n) is 2.06. The number of hydrogen-bond acceptors (Lipinski definition) is 5. The van der Waals surface area contributed by atoms with Crippen LogP contribution in [0.4, 0.5) is 11.4 Å².